The van der Waals surface area contributed by atoms with E-state index in [1.165, 1.54) is 30.7 Å². The summed E-state index contributed by atoms with van der Waals surface area (Å²) in [6.45, 7) is 0.0151. The van der Waals surface area contributed by atoms with Gasteiger partial charge in [0.15, 0.2) is 5.65 Å². The highest BCUT2D eigenvalue weighted by Crippen LogP contribution is 2.33. The molecular weight excluding hydrogens is 593 g/mol. The Labute approximate surface area is 242 Å². The monoisotopic (exact) mass is 611 g/mol. The number of nitrogens with one attached hydrogen (secondary N) is 1. The van der Waals surface area contributed by atoms with Gasteiger partial charge in [-0.1, -0.05) is 52.6 Å². The highest BCUT2D eigenvalue weighted by molar-refractivity contribution is 7.90. The summed E-state index contributed by atoms with van der Waals surface area (Å²) in [5, 5.41) is 8.51. The Balaban J connectivity index is 1.41. The number of halogens is 2. The van der Waals surface area contributed by atoms with Gasteiger partial charge in [0.2, 0.25) is 0 Å². The van der Waals surface area contributed by atoms with Crippen LogP contribution < -0.4 is 5.32 Å². The van der Waals surface area contributed by atoms with Gasteiger partial charge in [0, 0.05) is 50.9 Å². The molecule has 3 aromatic heterocycles. The smallest absolute Gasteiger partial charge is 0.269 e. The van der Waals surface area contributed by atoms with Crippen LogP contribution in [0.5, 0.6) is 0 Å². The number of hydrogen-bond donors (Lipinski definition) is 1. The number of aromatic nitrogens is 3. The van der Waals surface area contributed by atoms with E-state index in [9.17, 15) is 13.2 Å². The molecule has 1 N–H and O–H groups in total. The molecule has 0 spiro atoms. The Morgan fingerprint density at radius 3 is 2.67 bits per heavy atom. The lowest BCUT2D eigenvalue weighted by molar-refractivity contribution is 0.0942. The molecule has 202 valence electrons. The van der Waals surface area contributed by atoms with E-state index >= 15 is 0 Å². The van der Waals surface area contributed by atoms with Crippen LogP contribution in [0.1, 0.15) is 15.2 Å². The normalized spacial score (nSPS) is 12.2. The number of pyridine rings is 1. The minimum absolute atomic E-state index is 0.0151. The van der Waals surface area contributed by atoms with E-state index in [2.05, 4.69) is 25.3 Å². The summed E-state index contributed by atoms with van der Waals surface area (Å²) < 4.78 is 27.5. The number of hydrogen-bond acceptors (Lipinski definition) is 7. The van der Waals surface area contributed by atoms with Gasteiger partial charge in [-0.3, -0.25) is 4.79 Å². The summed E-state index contributed by atoms with van der Waals surface area (Å²) in [7, 11) is -3.86. The number of azide groups is 1. The number of carbonyl (C=O) groups is 1. The minimum atomic E-state index is -3.86. The molecule has 0 aliphatic carbocycles. The van der Waals surface area contributed by atoms with Crippen LogP contribution in [0, 0.1) is 0 Å². The second kappa shape index (κ2) is 11.7. The summed E-state index contributed by atoms with van der Waals surface area (Å²) in [5.74, 6) is -0.401. The van der Waals surface area contributed by atoms with E-state index in [0.717, 1.165) is 20.9 Å². The first-order valence-electron chi connectivity index (χ1n) is 11.8. The summed E-state index contributed by atoms with van der Waals surface area (Å²) in [6.07, 6.45) is 4.72. The SMILES string of the molecule is [N-]=[N+]=NCC(Cc1ccc(Cl)cc1Cl)NC(=O)c1cnc(-c2ccnc3c2ccn3S(=O)(=O)c2ccccc2)s1. The maximum absolute atomic E-state index is 13.2. The molecule has 1 amide bonds. The zero-order valence-corrected chi connectivity index (χ0v) is 23.6. The van der Waals surface area contributed by atoms with Crippen molar-refractivity contribution < 1.29 is 13.2 Å². The lowest BCUT2D eigenvalue weighted by Crippen LogP contribution is -2.38. The molecule has 14 heteroatoms. The van der Waals surface area contributed by atoms with E-state index < -0.39 is 22.0 Å². The third-order valence-electron chi connectivity index (χ3n) is 6.00. The van der Waals surface area contributed by atoms with E-state index in [1.807, 2.05) is 0 Å². The van der Waals surface area contributed by atoms with Crippen LogP contribution in [0.3, 0.4) is 0 Å². The maximum atomic E-state index is 13.2. The van der Waals surface area contributed by atoms with Crippen LogP contribution in [0.2, 0.25) is 10.0 Å². The van der Waals surface area contributed by atoms with Crippen molar-refractivity contribution in [2.75, 3.05) is 6.54 Å². The molecule has 0 saturated heterocycles. The van der Waals surface area contributed by atoms with E-state index in [0.29, 0.717) is 37.3 Å². The van der Waals surface area contributed by atoms with Crippen molar-refractivity contribution in [3.8, 4) is 10.6 Å². The van der Waals surface area contributed by atoms with Gasteiger partial charge < -0.3 is 5.32 Å². The van der Waals surface area contributed by atoms with Gasteiger partial charge >= 0.3 is 0 Å². The number of carbonyl (C=O) groups excluding carboxylic acids is 1. The number of benzene rings is 2. The van der Waals surface area contributed by atoms with Crippen LogP contribution in [0.4, 0.5) is 0 Å². The van der Waals surface area contributed by atoms with Gasteiger partial charge in [0.05, 0.1) is 11.1 Å². The topological polar surface area (TPSA) is 143 Å². The first-order valence-corrected chi connectivity index (χ1v) is 14.8. The first kappa shape index (κ1) is 27.6. The molecule has 1 atom stereocenters. The Hall–Kier alpha value is -3.93. The Morgan fingerprint density at radius 2 is 1.93 bits per heavy atom. The Bertz CT molecular complexity index is 1870. The molecular formula is C26H19Cl2N7O3S2. The van der Waals surface area contributed by atoms with E-state index in [-0.39, 0.29) is 17.1 Å². The molecule has 0 saturated carbocycles. The molecule has 40 heavy (non-hydrogen) atoms. The van der Waals surface area contributed by atoms with E-state index in [4.69, 9.17) is 28.7 Å². The molecule has 5 rings (SSSR count). The predicted molar refractivity (Wildman–Crippen MR) is 155 cm³/mol. The van der Waals surface area contributed by atoms with Gasteiger partial charge in [-0.25, -0.2) is 22.4 Å². The number of rotatable bonds is 9. The van der Waals surface area contributed by atoms with Crippen molar-refractivity contribution >= 4 is 61.5 Å². The first-order chi connectivity index (χ1) is 19.3. The van der Waals surface area contributed by atoms with Crippen molar-refractivity contribution in [3.63, 3.8) is 0 Å². The molecule has 1 unspecified atom stereocenters. The minimum Gasteiger partial charge on any atom is -0.348 e. The Morgan fingerprint density at radius 1 is 1.12 bits per heavy atom. The lowest BCUT2D eigenvalue weighted by atomic mass is 10.1. The highest BCUT2D eigenvalue weighted by Gasteiger charge is 2.22. The molecule has 0 aliphatic rings. The standard InChI is InChI=1S/C26H19Cl2N7O3S2/c27-17-7-6-16(22(28)13-17)12-18(14-32-34-29)33-25(36)23-15-31-26(39-23)21-8-10-30-24-20(21)9-11-35(24)40(37,38)19-4-2-1-3-5-19/h1-11,13,15,18H,12,14H2,(H,33,36). The van der Waals surface area contributed by atoms with Gasteiger partial charge in [0.25, 0.3) is 15.9 Å². The zero-order valence-electron chi connectivity index (χ0n) is 20.5. The largest absolute Gasteiger partial charge is 0.348 e. The number of nitrogens with zero attached hydrogens (tertiary/aromatic N) is 6. The summed E-state index contributed by atoms with van der Waals surface area (Å²) in [5.41, 5.74) is 10.4. The Kier molecular flexibility index (Phi) is 8.06. The molecule has 5 aromatic rings. The fourth-order valence-electron chi connectivity index (χ4n) is 4.11. The fourth-order valence-corrected chi connectivity index (χ4v) is 6.78. The van der Waals surface area contributed by atoms with Crippen molar-refractivity contribution in [1.29, 1.82) is 0 Å². The van der Waals surface area contributed by atoms with Crippen LogP contribution in [-0.4, -0.2) is 40.9 Å². The van der Waals surface area contributed by atoms with Crippen LogP contribution in [0.25, 0.3) is 32.0 Å². The molecule has 10 nitrogen and oxygen atoms in total. The summed E-state index contributed by atoms with van der Waals surface area (Å²) >= 11 is 13.4. The average molecular weight is 613 g/mol. The van der Waals surface area contributed by atoms with Crippen molar-refractivity contribution in [2.24, 2.45) is 5.11 Å². The number of fused-ring (bicyclic) bond motifs is 1. The number of thiazole rings is 1. The zero-order chi connectivity index (χ0) is 28.3. The fraction of sp³-hybridized carbons (Fsp3) is 0.115. The second-order valence-electron chi connectivity index (χ2n) is 8.58. The van der Waals surface area contributed by atoms with Gasteiger partial charge in [0.1, 0.15) is 9.88 Å². The summed E-state index contributed by atoms with van der Waals surface area (Å²) in [6, 6.07) is 16.0. The second-order valence-corrected chi connectivity index (χ2v) is 12.3. The van der Waals surface area contributed by atoms with Gasteiger partial charge in [-0.15, -0.1) is 11.3 Å². The average Bonchev–Trinajstić information content (AvgIpc) is 3.62. The highest BCUT2D eigenvalue weighted by atomic mass is 35.5. The van der Waals surface area contributed by atoms with Crippen molar-refractivity contribution in [1.82, 2.24) is 19.3 Å². The molecule has 0 bridgehead atoms. The van der Waals surface area contributed by atoms with Crippen LogP contribution in [-0.2, 0) is 16.4 Å². The lowest BCUT2D eigenvalue weighted by Gasteiger charge is -2.17. The molecule has 0 aliphatic heterocycles. The molecule has 2 aromatic carbocycles. The van der Waals surface area contributed by atoms with Crippen LogP contribution >= 0.6 is 34.5 Å². The van der Waals surface area contributed by atoms with Crippen molar-refractivity contribution in [2.45, 2.75) is 17.4 Å². The summed E-state index contributed by atoms with van der Waals surface area (Å²) in [4.78, 5) is 25.1. The molecule has 0 fully saturated rings. The van der Waals surface area contributed by atoms with Crippen LogP contribution in [0.15, 0.2) is 89.3 Å². The van der Waals surface area contributed by atoms with Gasteiger partial charge in [-0.2, -0.15) is 0 Å². The molecule has 0 radical (unpaired) electrons. The van der Waals surface area contributed by atoms with Gasteiger partial charge in [-0.05, 0) is 53.9 Å². The maximum Gasteiger partial charge on any atom is 0.269 e. The van der Waals surface area contributed by atoms with E-state index in [1.54, 1.807) is 48.5 Å². The predicted octanol–water partition coefficient (Wildman–Crippen LogP) is 6.36. The number of amides is 1. The third-order valence-corrected chi connectivity index (χ3v) is 9.29. The quantitative estimate of drug-likeness (QED) is 0.117. The van der Waals surface area contributed by atoms with Crippen molar-refractivity contribution in [3.05, 3.63) is 110 Å². The molecule has 3 heterocycles. The third kappa shape index (κ3) is 5.67.